The first-order valence-corrected chi connectivity index (χ1v) is 8.25. The topological polar surface area (TPSA) is 84.5 Å². The molecule has 1 N–H and O–H groups in total. The first-order valence-electron chi connectivity index (χ1n) is 8.25. The lowest BCUT2D eigenvalue weighted by Crippen LogP contribution is -2.28. The summed E-state index contributed by atoms with van der Waals surface area (Å²) in [6, 6.07) is 12.2. The maximum Gasteiger partial charge on any atom is 0.258 e. The molecule has 0 radical (unpaired) electrons. The van der Waals surface area contributed by atoms with Crippen LogP contribution in [-0.2, 0) is 6.54 Å². The van der Waals surface area contributed by atoms with E-state index in [4.69, 9.17) is 9.47 Å². The summed E-state index contributed by atoms with van der Waals surface area (Å²) in [4.78, 5) is 33.5. The van der Waals surface area contributed by atoms with Crippen LogP contribution in [0.2, 0.25) is 0 Å². The molecule has 1 aromatic heterocycles. The molecule has 7 heteroatoms. The van der Waals surface area contributed by atoms with Gasteiger partial charge in [-0.05, 0) is 30.3 Å². The second-order valence-electron chi connectivity index (χ2n) is 6.05. The van der Waals surface area contributed by atoms with E-state index in [2.05, 4.69) is 9.97 Å². The zero-order valence-electron chi connectivity index (χ0n) is 14.2. The Labute approximate surface area is 149 Å². The van der Waals surface area contributed by atoms with Gasteiger partial charge in [0.25, 0.3) is 11.5 Å². The van der Waals surface area contributed by atoms with Gasteiger partial charge < -0.3 is 19.4 Å². The molecule has 2 heterocycles. The number of hydrogen-bond acceptors (Lipinski definition) is 5. The third kappa shape index (κ3) is 2.99. The Bertz CT molecular complexity index is 1040. The Morgan fingerprint density at radius 1 is 1.15 bits per heavy atom. The number of amides is 1. The molecular weight excluding hydrogens is 334 g/mol. The van der Waals surface area contributed by atoms with Crippen LogP contribution >= 0.6 is 0 Å². The van der Waals surface area contributed by atoms with Crippen molar-refractivity contribution in [2.24, 2.45) is 0 Å². The van der Waals surface area contributed by atoms with E-state index in [0.29, 0.717) is 47.0 Å². The summed E-state index contributed by atoms with van der Waals surface area (Å²) >= 11 is 0. The van der Waals surface area contributed by atoms with Crippen molar-refractivity contribution >= 4 is 16.8 Å². The number of rotatable bonds is 3. The van der Waals surface area contributed by atoms with Gasteiger partial charge in [0.1, 0.15) is 19.0 Å². The van der Waals surface area contributed by atoms with E-state index >= 15 is 0 Å². The van der Waals surface area contributed by atoms with Gasteiger partial charge in [-0.2, -0.15) is 0 Å². The zero-order valence-corrected chi connectivity index (χ0v) is 14.2. The van der Waals surface area contributed by atoms with Crippen molar-refractivity contribution in [2.75, 3.05) is 20.3 Å². The molecule has 1 aliphatic heterocycles. The number of aromatic amines is 1. The number of ether oxygens (including phenoxy) is 2. The van der Waals surface area contributed by atoms with Gasteiger partial charge in [-0.15, -0.1) is 0 Å². The number of nitrogens with one attached hydrogen (secondary N) is 1. The van der Waals surface area contributed by atoms with Crippen LogP contribution in [0.1, 0.15) is 16.2 Å². The molecule has 0 saturated heterocycles. The second kappa shape index (κ2) is 6.51. The Morgan fingerprint density at radius 2 is 1.92 bits per heavy atom. The molecule has 1 aliphatic rings. The van der Waals surface area contributed by atoms with Gasteiger partial charge in [0.05, 0.1) is 17.4 Å². The highest BCUT2D eigenvalue weighted by Crippen LogP contribution is 2.31. The molecule has 0 bridgehead atoms. The Kier molecular flexibility index (Phi) is 4.04. The van der Waals surface area contributed by atoms with Crippen molar-refractivity contribution in [3.8, 4) is 11.5 Å². The number of fused-ring (bicyclic) bond motifs is 2. The summed E-state index contributed by atoms with van der Waals surface area (Å²) in [5.74, 6) is 1.43. The number of nitrogens with zero attached hydrogens (tertiary/aromatic N) is 2. The van der Waals surface area contributed by atoms with Crippen molar-refractivity contribution < 1.29 is 14.3 Å². The molecule has 4 rings (SSSR count). The molecule has 0 atom stereocenters. The van der Waals surface area contributed by atoms with E-state index < -0.39 is 0 Å². The highest BCUT2D eigenvalue weighted by molar-refractivity contribution is 5.94. The van der Waals surface area contributed by atoms with Gasteiger partial charge in [-0.1, -0.05) is 12.1 Å². The van der Waals surface area contributed by atoms with Gasteiger partial charge in [-0.3, -0.25) is 9.59 Å². The second-order valence-corrected chi connectivity index (χ2v) is 6.05. The predicted octanol–water partition coefficient (Wildman–Crippen LogP) is 1.97. The van der Waals surface area contributed by atoms with E-state index in [0.717, 1.165) is 0 Å². The first kappa shape index (κ1) is 16.1. The van der Waals surface area contributed by atoms with E-state index in [1.165, 1.54) is 4.90 Å². The lowest BCUT2D eigenvalue weighted by atomic mass is 10.1. The summed E-state index contributed by atoms with van der Waals surface area (Å²) in [5.41, 5.74) is 0.872. The predicted molar refractivity (Wildman–Crippen MR) is 95.6 cm³/mol. The van der Waals surface area contributed by atoms with Gasteiger partial charge in [0.2, 0.25) is 0 Å². The summed E-state index contributed by atoms with van der Waals surface area (Å²) in [6.07, 6.45) is 0. The fourth-order valence-corrected chi connectivity index (χ4v) is 2.90. The Balaban J connectivity index is 1.57. The molecular formula is C19H17N3O4. The summed E-state index contributed by atoms with van der Waals surface area (Å²) in [5, 5.41) is 0.525. The fraction of sp³-hybridized carbons (Fsp3) is 0.211. The smallest absolute Gasteiger partial charge is 0.258 e. The molecule has 7 nitrogen and oxygen atoms in total. The third-order valence-corrected chi connectivity index (χ3v) is 4.18. The van der Waals surface area contributed by atoms with E-state index in [-0.39, 0.29) is 18.0 Å². The molecule has 26 heavy (non-hydrogen) atoms. The van der Waals surface area contributed by atoms with Crippen LogP contribution in [0.4, 0.5) is 0 Å². The quantitative estimate of drug-likeness (QED) is 0.780. The van der Waals surface area contributed by atoms with Gasteiger partial charge in [0.15, 0.2) is 11.5 Å². The number of para-hydroxylation sites is 1. The van der Waals surface area contributed by atoms with Crippen LogP contribution in [0.3, 0.4) is 0 Å². The highest BCUT2D eigenvalue weighted by atomic mass is 16.6. The molecule has 0 saturated carbocycles. The van der Waals surface area contributed by atoms with Crippen LogP contribution in [0.25, 0.3) is 10.9 Å². The van der Waals surface area contributed by atoms with Crippen LogP contribution < -0.4 is 15.0 Å². The van der Waals surface area contributed by atoms with Gasteiger partial charge >= 0.3 is 0 Å². The first-order chi connectivity index (χ1) is 12.6. The molecule has 0 fully saturated rings. The fourth-order valence-electron chi connectivity index (χ4n) is 2.90. The number of H-pyrrole nitrogens is 1. The number of aromatic nitrogens is 2. The van der Waals surface area contributed by atoms with Crippen LogP contribution in [0.15, 0.2) is 47.3 Å². The van der Waals surface area contributed by atoms with E-state index in [9.17, 15) is 9.59 Å². The van der Waals surface area contributed by atoms with Crippen molar-refractivity contribution in [3.63, 3.8) is 0 Å². The minimum Gasteiger partial charge on any atom is -0.486 e. The van der Waals surface area contributed by atoms with Gasteiger partial charge in [-0.25, -0.2) is 4.98 Å². The lowest BCUT2D eigenvalue weighted by Gasteiger charge is -2.20. The van der Waals surface area contributed by atoms with E-state index in [1.54, 1.807) is 43.4 Å². The molecule has 2 aromatic carbocycles. The van der Waals surface area contributed by atoms with Crippen LogP contribution in [-0.4, -0.2) is 41.0 Å². The molecule has 132 valence electrons. The largest absolute Gasteiger partial charge is 0.486 e. The van der Waals surface area contributed by atoms with Gasteiger partial charge in [0, 0.05) is 12.6 Å². The molecule has 3 aromatic rings. The summed E-state index contributed by atoms with van der Waals surface area (Å²) < 4.78 is 11.0. The van der Waals surface area contributed by atoms with Crippen molar-refractivity contribution in [3.05, 3.63) is 64.2 Å². The minimum absolute atomic E-state index is 0.188. The Morgan fingerprint density at radius 3 is 2.77 bits per heavy atom. The van der Waals surface area contributed by atoms with Crippen molar-refractivity contribution in [1.82, 2.24) is 14.9 Å². The number of carbonyl (C=O) groups is 1. The number of hydrogen-bond donors (Lipinski definition) is 1. The normalized spacial score (nSPS) is 12.8. The Hall–Kier alpha value is -3.35. The molecule has 1 amide bonds. The standard InChI is InChI=1S/C19H17N3O4/c1-22(11-17-20-14-5-3-2-4-13(14)18(23)21-17)19(24)12-6-7-15-16(10-12)26-9-8-25-15/h2-7,10H,8-9,11H2,1H3,(H,20,21,23). The molecule has 0 aliphatic carbocycles. The van der Waals surface area contributed by atoms with Crippen LogP contribution in [0, 0.1) is 0 Å². The highest BCUT2D eigenvalue weighted by Gasteiger charge is 2.18. The third-order valence-electron chi connectivity index (χ3n) is 4.18. The zero-order chi connectivity index (χ0) is 18.1. The minimum atomic E-state index is -0.217. The summed E-state index contributed by atoms with van der Waals surface area (Å²) in [6.45, 7) is 1.15. The molecule has 0 spiro atoms. The number of carbonyl (C=O) groups excluding carboxylic acids is 1. The average molecular weight is 351 g/mol. The summed E-state index contributed by atoms with van der Waals surface area (Å²) in [7, 11) is 1.66. The monoisotopic (exact) mass is 351 g/mol. The van der Waals surface area contributed by atoms with E-state index in [1.807, 2.05) is 6.07 Å². The SMILES string of the molecule is CN(Cc1nc2ccccc2c(=O)[nH]1)C(=O)c1ccc2c(c1)OCCO2. The molecule has 0 unspecified atom stereocenters. The average Bonchev–Trinajstić information content (AvgIpc) is 2.67. The lowest BCUT2D eigenvalue weighted by molar-refractivity contribution is 0.0780. The maximum absolute atomic E-state index is 12.7. The van der Waals surface area contributed by atoms with Crippen molar-refractivity contribution in [1.29, 1.82) is 0 Å². The maximum atomic E-state index is 12.7. The number of benzene rings is 2. The van der Waals surface area contributed by atoms with Crippen LogP contribution in [0.5, 0.6) is 11.5 Å². The van der Waals surface area contributed by atoms with Crippen molar-refractivity contribution in [2.45, 2.75) is 6.54 Å².